The maximum absolute atomic E-state index is 5.56. The Hall–Kier alpha value is -1.72. The first-order chi connectivity index (χ1) is 8.36. The predicted octanol–water partition coefficient (Wildman–Crippen LogP) is 3.50. The molecule has 0 radical (unpaired) electrons. The highest BCUT2D eigenvalue weighted by molar-refractivity contribution is 5.81. The van der Waals surface area contributed by atoms with E-state index in [9.17, 15) is 0 Å². The molecule has 1 atom stereocenters. The lowest BCUT2D eigenvalue weighted by molar-refractivity contribution is 0.513. The fourth-order valence-corrected chi connectivity index (χ4v) is 2.11. The van der Waals surface area contributed by atoms with Gasteiger partial charge in [-0.25, -0.2) is 0 Å². The Morgan fingerprint density at radius 1 is 1.41 bits per heavy atom. The number of fused-ring (bicyclic) bond motifs is 1. The maximum Gasteiger partial charge on any atom is 0.134 e. The summed E-state index contributed by atoms with van der Waals surface area (Å²) in [7, 11) is 0. The smallest absolute Gasteiger partial charge is 0.134 e. The van der Waals surface area contributed by atoms with E-state index in [4.69, 9.17) is 10.8 Å². The molecule has 2 rings (SSSR count). The van der Waals surface area contributed by atoms with Crippen LogP contribution in [0.1, 0.15) is 31.4 Å². The van der Waals surface area contributed by atoms with Crippen molar-refractivity contribution in [2.45, 2.75) is 25.8 Å². The Morgan fingerprint density at radius 3 is 3.00 bits per heavy atom. The van der Waals surface area contributed by atoms with Crippen molar-refractivity contribution in [1.82, 2.24) is 5.32 Å². The molecule has 1 heterocycles. The lowest BCUT2D eigenvalue weighted by Gasteiger charge is -2.15. The molecule has 1 unspecified atom stereocenters. The van der Waals surface area contributed by atoms with Crippen molar-refractivity contribution in [2.75, 3.05) is 6.54 Å². The van der Waals surface area contributed by atoms with Gasteiger partial charge in [-0.1, -0.05) is 25.1 Å². The summed E-state index contributed by atoms with van der Waals surface area (Å²) in [6, 6.07) is 8.38. The molecule has 0 aliphatic heterocycles. The van der Waals surface area contributed by atoms with E-state index in [0.29, 0.717) is 0 Å². The zero-order valence-corrected chi connectivity index (χ0v) is 10.1. The quantitative estimate of drug-likeness (QED) is 0.791. The van der Waals surface area contributed by atoms with Gasteiger partial charge in [0.2, 0.25) is 0 Å². The Morgan fingerprint density at radius 2 is 2.24 bits per heavy atom. The summed E-state index contributed by atoms with van der Waals surface area (Å²) in [5.74, 6) is 2.70. The number of terminal acetylenes is 1. The van der Waals surface area contributed by atoms with Crippen molar-refractivity contribution in [3.63, 3.8) is 0 Å². The average molecular weight is 227 g/mol. The second kappa shape index (κ2) is 5.56. The molecule has 0 bridgehead atoms. The molecule has 0 amide bonds. The third-order valence-corrected chi connectivity index (χ3v) is 2.91. The van der Waals surface area contributed by atoms with Crippen molar-refractivity contribution in [2.24, 2.45) is 0 Å². The van der Waals surface area contributed by atoms with Crippen LogP contribution in [0.25, 0.3) is 11.0 Å². The lowest BCUT2D eigenvalue weighted by atomic mass is 10.0. The van der Waals surface area contributed by atoms with Gasteiger partial charge < -0.3 is 9.73 Å². The molecular weight excluding hydrogens is 210 g/mol. The van der Waals surface area contributed by atoms with E-state index in [-0.39, 0.29) is 6.04 Å². The van der Waals surface area contributed by atoms with E-state index in [2.05, 4.69) is 24.2 Å². The molecule has 2 heteroatoms. The fourth-order valence-electron chi connectivity index (χ4n) is 2.11. The van der Waals surface area contributed by atoms with Crippen LogP contribution >= 0.6 is 0 Å². The molecule has 0 fully saturated rings. The molecule has 0 aliphatic rings. The lowest BCUT2D eigenvalue weighted by Crippen LogP contribution is -2.20. The number of rotatable bonds is 5. The molecule has 1 N–H and O–H groups in total. The van der Waals surface area contributed by atoms with Crippen molar-refractivity contribution < 1.29 is 4.42 Å². The van der Waals surface area contributed by atoms with Crippen LogP contribution in [0.15, 0.2) is 34.9 Å². The molecular formula is C15H17NO. The van der Waals surface area contributed by atoms with E-state index >= 15 is 0 Å². The number of hydrogen-bond acceptors (Lipinski definition) is 2. The summed E-state index contributed by atoms with van der Waals surface area (Å²) >= 11 is 0. The first kappa shape index (κ1) is 11.8. The highest BCUT2D eigenvalue weighted by Crippen LogP contribution is 2.28. The van der Waals surface area contributed by atoms with E-state index < -0.39 is 0 Å². The summed E-state index contributed by atoms with van der Waals surface area (Å²) < 4.78 is 5.56. The summed E-state index contributed by atoms with van der Waals surface area (Å²) in [5, 5.41) is 4.63. The molecule has 0 aliphatic carbocycles. The molecule has 0 spiro atoms. The Labute approximate surface area is 102 Å². The van der Waals surface area contributed by atoms with Crippen molar-refractivity contribution >= 4 is 11.0 Å². The van der Waals surface area contributed by atoms with Gasteiger partial charge in [0.1, 0.15) is 5.58 Å². The van der Waals surface area contributed by atoms with Crippen LogP contribution in [-0.2, 0) is 0 Å². The van der Waals surface area contributed by atoms with Crippen LogP contribution in [0, 0.1) is 12.3 Å². The molecule has 1 aromatic heterocycles. The molecule has 0 saturated heterocycles. The zero-order valence-electron chi connectivity index (χ0n) is 10.1. The minimum absolute atomic E-state index is 0.277. The van der Waals surface area contributed by atoms with Crippen LogP contribution in [0.3, 0.4) is 0 Å². The van der Waals surface area contributed by atoms with Gasteiger partial charge in [0.25, 0.3) is 0 Å². The third-order valence-electron chi connectivity index (χ3n) is 2.91. The average Bonchev–Trinajstić information content (AvgIpc) is 2.78. The van der Waals surface area contributed by atoms with Crippen LogP contribution in [0.5, 0.6) is 0 Å². The first-order valence-electron chi connectivity index (χ1n) is 5.99. The topological polar surface area (TPSA) is 25.2 Å². The van der Waals surface area contributed by atoms with Crippen molar-refractivity contribution in [1.29, 1.82) is 0 Å². The maximum atomic E-state index is 5.56. The molecule has 2 nitrogen and oxygen atoms in total. The van der Waals surface area contributed by atoms with Gasteiger partial charge in [0.05, 0.1) is 6.26 Å². The third kappa shape index (κ3) is 2.51. The number of hydrogen-bond donors (Lipinski definition) is 1. The van der Waals surface area contributed by atoms with Crippen LogP contribution in [-0.4, -0.2) is 6.54 Å². The minimum Gasteiger partial charge on any atom is -0.464 e. The first-order valence-corrected chi connectivity index (χ1v) is 5.99. The predicted molar refractivity (Wildman–Crippen MR) is 70.7 cm³/mol. The number of furan rings is 1. The van der Waals surface area contributed by atoms with Gasteiger partial charge in [-0.3, -0.25) is 0 Å². The largest absolute Gasteiger partial charge is 0.464 e. The highest BCUT2D eigenvalue weighted by atomic mass is 16.3. The normalized spacial score (nSPS) is 12.5. The highest BCUT2D eigenvalue weighted by Gasteiger charge is 2.15. The summed E-state index contributed by atoms with van der Waals surface area (Å²) in [5.41, 5.74) is 2.14. The monoisotopic (exact) mass is 227 g/mol. The van der Waals surface area contributed by atoms with Gasteiger partial charge in [-0.2, -0.15) is 0 Å². The molecule has 88 valence electrons. The van der Waals surface area contributed by atoms with Crippen molar-refractivity contribution in [3.8, 4) is 12.3 Å². The van der Waals surface area contributed by atoms with E-state index in [1.165, 1.54) is 10.9 Å². The standard InChI is InChI=1S/C15H17NO/c1-3-5-9-14(16-4-2)13-11-17-15-10-7-6-8-12(13)15/h1,6-8,10-11,14,16H,4-5,9H2,2H3. The van der Waals surface area contributed by atoms with Gasteiger partial charge in [-0.05, 0) is 19.0 Å². The van der Waals surface area contributed by atoms with Crippen LogP contribution in [0.4, 0.5) is 0 Å². The number of benzene rings is 1. The van der Waals surface area contributed by atoms with Gasteiger partial charge >= 0.3 is 0 Å². The second-order valence-electron chi connectivity index (χ2n) is 4.04. The molecule has 1 aromatic carbocycles. The molecule has 2 aromatic rings. The van der Waals surface area contributed by atoms with Gasteiger partial charge in [0.15, 0.2) is 0 Å². The molecule has 17 heavy (non-hydrogen) atoms. The minimum atomic E-state index is 0.277. The van der Waals surface area contributed by atoms with Crippen molar-refractivity contribution in [3.05, 3.63) is 36.1 Å². The van der Waals surface area contributed by atoms with E-state index in [1.807, 2.05) is 24.5 Å². The fraction of sp³-hybridized carbons (Fsp3) is 0.333. The SMILES string of the molecule is C#CCCC(NCC)c1coc2ccccc12. The second-order valence-corrected chi connectivity index (χ2v) is 4.04. The Balaban J connectivity index is 2.31. The van der Waals surface area contributed by atoms with Gasteiger partial charge in [-0.15, -0.1) is 12.3 Å². The zero-order chi connectivity index (χ0) is 12.1. The van der Waals surface area contributed by atoms with Crippen LogP contribution < -0.4 is 5.32 Å². The molecule has 0 saturated carbocycles. The number of para-hydroxylation sites is 1. The Bertz CT molecular complexity index is 521. The van der Waals surface area contributed by atoms with Crippen LogP contribution in [0.2, 0.25) is 0 Å². The Kier molecular flexibility index (Phi) is 3.85. The number of nitrogens with one attached hydrogen (secondary N) is 1. The summed E-state index contributed by atoms with van der Waals surface area (Å²) in [4.78, 5) is 0. The van der Waals surface area contributed by atoms with E-state index in [0.717, 1.165) is 25.0 Å². The summed E-state index contributed by atoms with van der Waals surface area (Å²) in [6.07, 6.45) is 8.89. The van der Waals surface area contributed by atoms with E-state index in [1.54, 1.807) is 0 Å². The summed E-state index contributed by atoms with van der Waals surface area (Å²) in [6.45, 7) is 3.03. The van der Waals surface area contributed by atoms with Gasteiger partial charge in [0, 0.05) is 23.4 Å².